The van der Waals surface area contributed by atoms with Crippen LogP contribution in [0.25, 0.3) is 0 Å². The zero-order valence-corrected chi connectivity index (χ0v) is 15.6. The Morgan fingerprint density at radius 2 is 2.04 bits per heavy atom. The summed E-state index contributed by atoms with van der Waals surface area (Å²) in [5, 5.41) is 5.22. The maximum Gasteiger partial charge on any atom is 0.308 e. The van der Waals surface area contributed by atoms with Crippen LogP contribution < -0.4 is 10.6 Å². The van der Waals surface area contributed by atoms with E-state index >= 15 is 0 Å². The molecule has 2 N–H and O–H groups in total. The van der Waals surface area contributed by atoms with Crippen molar-refractivity contribution in [3.63, 3.8) is 0 Å². The molecule has 1 aliphatic heterocycles. The van der Waals surface area contributed by atoms with Gasteiger partial charge in [-0.1, -0.05) is 31.9 Å². The van der Waals surface area contributed by atoms with Gasteiger partial charge in [-0.3, -0.25) is 14.4 Å². The van der Waals surface area contributed by atoms with Crippen LogP contribution in [0.4, 0.5) is 5.69 Å². The van der Waals surface area contributed by atoms with Crippen LogP contribution >= 0.6 is 11.8 Å². The van der Waals surface area contributed by atoms with Gasteiger partial charge in [-0.2, -0.15) is 0 Å². The molecule has 1 aliphatic carbocycles. The van der Waals surface area contributed by atoms with E-state index in [9.17, 15) is 14.4 Å². The van der Waals surface area contributed by atoms with Crippen molar-refractivity contribution in [2.24, 2.45) is 0 Å². The van der Waals surface area contributed by atoms with Crippen LogP contribution in [0.1, 0.15) is 45.4 Å². The molecule has 0 radical (unpaired) electrons. The summed E-state index contributed by atoms with van der Waals surface area (Å²) in [6, 6.07) is 7.66. The highest BCUT2D eigenvalue weighted by molar-refractivity contribution is 8.01. The average molecular weight is 376 g/mol. The topological polar surface area (TPSA) is 84.5 Å². The fourth-order valence-electron chi connectivity index (χ4n) is 3.27. The molecular formula is C19H24N2O4S. The summed E-state index contributed by atoms with van der Waals surface area (Å²) < 4.78 is 5.37. The number of esters is 1. The Morgan fingerprint density at radius 1 is 1.31 bits per heavy atom. The zero-order valence-electron chi connectivity index (χ0n) is 14.8. The predicted molar refractivity (Wildman–Crippen MR) is 99.9 cm³/mol. The second-order valence-electron chi connectivity index (χ2n) is 6.67. The minimum atomic E-state index is -0.799. The quantitative estimate of drug-likeness (QED) is 0.746. The lowest BCUT2D eigenvalue weighted by atomic mass is 10.2. The summed E-state index contributed by atoms with van der Waals surface area (Å²) in [5.41, 5.74) is 0.759. The average Bonchev–Trinajstić information content (AvgIpc) is 3.13. The van der Waals surface area contributed by atoms with Gasteiger partial charge in [0.25, 0.3) is 5.91 Å². The molecule has 7 heteroatoms. The SMILES string of the molecule is CC[C@H](OC(=O)C[C@@H]1Sc2ccccc2NC1=O)C(=O)NC1CCCC1. The normalized spacial score (nSPS) is 20.8. The number of para-hydroxylation sites is 1. The third kappa shape index (κ3) is 4.58. The van der Waals surface area contributed by atoms with E-state index in [0.29, 0.717) is 6.42 Å². The van der Waals surface area contributed by atoms with Gasteiger partial charge < -0.3 is 15.4 Å². The number of rotatable bonds is 6. The van der Waals surface area contributed by atoms with Crippen LogP contribution in [-0.4, -0.2) is 35.2 Å². The standard InChI is InChI=1S/C19H24N2O4S/c1-2-14(18(23)20-12-7-3-4-8-12)25-17(22)11-16-19(24)21-13-9-5-6-10-15(13)26-16/h5-6,9-10,12,14,16H,2-4,7-8,11H2,1H3,(H,20,23)(H,21,24)/t14-,16-/m0/s1. The van der Waals surface area contributed by atoms with Crippen LogP contribution in [0, 0.1) is 0 Å². The lowest BCUT2D eigenvalue weighted by Gasteiger charge is -2.24. The van der Waals surface area contributed by atoms with E-state index in [2.05, 4.69) is 10.6 Å². The molecule has 0 bridgehead atoms. The molecule has 140 valence electrons. The van der Waals surface area contributed by atoms with Crippen molar-refractivity contribution in [3.8, 4) is 0 Å². The summed E-state index contributed by atoms with van der Waals surface area (Å²) in [6.07, 6.45) is 3.76. The van der Waals surface area contributed by atoms with Gasteiger partial charge >= 0.3 is 5.97 Å². The number of benzene rings is 1. The first-order valence-electron chi connectivity index (χ1n) is 9.13. The molecule has 2 atom stereocenters. The maximum absolute atomic E-state index is 12.3. The third-order valence-electron chi connectivity index (χ3n) is 4.70. The molecule has 3 rings (SSSR count). The molecule has 0 saturated heterocycles. The Bertz CT molecular complexity index is 688. The van der Waals surface area contributed by atoms with Crippen molar-refractivity contribution >= 4 is 35.2 Å². The number of anilines is 1. The molecule has 1 aromatic carbocycles. The number of carbonyl (C=O) groups is 3. The van der Waals surface area contributed by atoms with E-state index in [1.807, 2.05) is 31.2 Å². The molecule has 0 unspecified atom stereocenters. The fraction of sp³-hybridized carbons (Fsp3) is 0.526. The molecule has 1 aromatic rings. The van der Waals surface area contributed by atoms with Crippen LogP contribution in [0.15, 0.2) is 29.2 Å². The van der Waals surface area contributed by atoms with E-state index in [4.69, 9.17) is 4.74 Å². The summed E-state index contributed by atoms with van der Waals surface area (Å²) in [6.45, 7) is 1.81. The van der Waals surface area contributed by atoms with Crippen molar-refractivity contribution < 1.29 is 19.1 Å². The Kier molecular flexibility index (Phi) is 6.19. The highest BCUT2D eigenvalue weighted by Crippen LogP contribution is 2.36. The van der Waals surface area contributed by atoms with E-state index in [1.54, 1.807) is 0 Å². The molecule has 2 amide bonds. The number of carbonyl (C=O) groups excluding carboxylic acids is 3. The molecule has 26 heavy (non-hydrogen) atoms. The minimum absolute atomic E-state index is 0.0575. The van der Waals surface area contributed by atoms with Crippen molar-refractivity contribution in [1.29, 1.82) is 0 Å². The summed E-state index contributed by atoms with van der Waals surface area (Å²) in [4.78, 5) is 37.7. The molecule has 2 aliphatic rings. The third-order valence-corrected chi connectivity index (χ3v) is 5.97. The van der Waals surface area contributed by atoms with E-state index in [1.165, 1.54) is 11.8 Å². The van der Waals surface area contributed by atoms with Crippen molar-refractivity contribution in [2.75, 3.05) is 5.32 Å². The van der Waals surface area contributed by atoms with Crippen LogP contribution in [0.5, 0.6) is 0 Å². The Balaban J connectivity index is 1.53. The fourth-order valence-corrected chi connectivity index (χ4v) is 4.37. The number of nitrogens with one attached hydrogen (secondary N) is 2. The second-order valence-corrected chi connectivity index (χ2v) is 7.92. The lowest BCUT2D eigenvalue weighted by Crippen LogP contribution is -2.42. The van der Waals surface area contributed by atoms with Gasteiger partial charge in [0, 0.05) is 10.9 Å². The molecule has 1 heterocycles. The second kappa shape index (κ2) is 8.58. The number of thioether (sulfide) groups is 1. The number of fused-ring (bicyclic) bond motifs is 1. The number of amides is 2. The summed E-state index contributed by atoms with van der Waals surface area (Å²) in [7, 11) is 0. The van der Waals surface area contributed by atoms with Gasteiger partial charge in [-0.05, 0) is 31.4 Å². The molecule has 0 aromatic heterocycles. The minimum Gasteiger partial charge on any atom is -0.452 e. The van der Waals surface area contributed by atoms with Gasteiger partial charge in [0.1, 0.15) is 0 Å². The predicted octanol–water partition coefficient (Wildman–Crippen LogP) is 2.87. The summed E-state index contributed by atoms with van der Waals surface area (Å²) >= 11 is 1.35. The first kappa shape index (κ1) is 18.8. The van der Waals surface area contributed by atoms with Crippen molar-refractivity contribution in [1.82, 2.24) is 5.32 Å². The number of hydrogen-bond donors (Lipinski definition) is 2. The summed E-state index contributed by atoms with van der Waals surface area (Å²) in [5.74, 6) is -0.974. The van der Waals surface area contributed by atoms with Crippen molar-refractivity contribution in [3.05, 3.63) is 24.3 Å². The maximum atomic E-state index is 12.3. The van der Waals surface area contributed by atoms with Crippen LogP contribution in [-0.2, 0) is 19.1 Å². The van der Waals surface area contributed by atoms with Gasteiger partial charge in [-0.25, -0.2) is 0 Å². The largest absolute Gasteiger partial charge is 0.452 e. The van der Waals surface area contributed by atoms with Gasteiger partial charge in [0.15, 0.2) is 6.10 Å². The lowest BCUT2D eigenvalue weighted by molar-refractivity contribution is -0.156. The van der Waals surface area contributed by atoms with Gasteiger partial charge in [-0.15, -0.1) is 11.8 Å². The van der Waals surface area contributed by atoms with E-state index < -0.39 is 17.3 Å². The van der Waals surface area contributed by atoms with Gasteiger partial charge in [0.05, 0.1) is 17.4 Å². The molecule has 1 fully saturated rings. The van der Waals surface area contributed by atoms with E-state index in [-0.39, 0.29) is 24.3 Å². The number of hydrogen-bond acceptors (Lipinski definition) is 5. The monoisotopic (exact) mass is 376 g/mol. The highest BCUT2D eigenvalue weighted by atomic mass is 32.2. The zero-order chi connectivity index (χ0) is 18.5. The smallest absolute Gasteiger partial charge is 0.308 e. The van der Waals surface area contributed by atoms with Crippen LogP contribution in [0.3, 0.4) is 0 Å². The number of ether oxygens (including phenoxy) is 1. The highest BCUT2D eigenvalue weighted by Gasteiger charge is 2.31. The Labute approximate surface area is 157 Å². The molecule has 6 nitrogen and oxygen atoms in total. The van der Waals surface area contributed by atoms with E-state index in [0.717, 1.165) is 36.3 Å². The molecular weight excluding hydrogens is 352 g/mol. The first-order chi connectivity index (χ1) is 12.6. The van der Waals surface area contributed by atoms with Gasteiger partial charge in [0.2, 0.25) is 5.91 Å². The first-order valence-corrected chi connectivity index (χ1v) is 10.0. The Hall–Kier alpha value is -2.02. The molecule has 1 saturated carbocycles. The van der Waals surface area contributed by atoms with Crippen molar-refractivity contribution in [2.45, 2.75) is 67.7 Å². The van der Waals surface area contributed by atoms with Crippen LogP contribution in [0.2, 0.25) is 0 Å². The Morgan fingerprint density at radius 3 is 2.77 bits per heavy atom. The molecule has 0 spiro atoms.